The summed E-state index contributed by atoms with van der Waals surface area (Å²) in [6.45, 7) is 0.138. The number of halogens is 1. The van der Waals surface area contributed by atoms with Gasteiger partial charge in [0.25, 0.3) is 5.56 Å². The SMILES string of the molecule is COc1ccc(CN(C)C(=O)Cn2cnc3sc4c(c3c2=O)CCC4)cc1F. The molecule has 1 aromatic carbocycles. The third-order valence-corrected chi connectivity index (χ3v) is 6.26. The summed E-state index contributed by atoms with van der Waals surface area (Å²) in [4.78, 5) is 33.3. The Hall–Kier alpha value is -2.74. The molecule has 1 amide bonds. The Bertz CT molecular complexity index is 1120. The van der Waals surface area contributed by atoms with E-state index in [1.54, 1.807) is 24.5 Å². The fraction of sp³-hybridized carbons (Fsp3) is 0.350. The van der Waals surface area contributed by atoms with Crippen LogP contribution in [-0.2, 0) is 30.7 Å². The molecule has 0 bridgehead atoms. The standard InChI is InChI=1S/C20H20FN3O3S/c1-23(9-12-6-7-15(27-2)14(21)8-12)17(25)10-24-11-22-19-18(20(24)26)13-4-3-5-16(13)28-19/h6-8,11H,3-5,9-10H2,1-2H3. The van der Waals surface area contributed by atoms with E-state index in [1.165, 1.54) is 39.9 Å². The number of fused-ring (bicyclic) bond motifs is 3. The van der Waals surface area contributed by atoms with E-state index in [0.717, 1.165) is 29.7 Å². The van der Waals surface area contributed by atoms with Crippen molar-refractivity contribution in [3.63, 3.8) is 0 Å². The van der Waals surface area contributed by atoms with E-state index in [2.05, 4.69) is 4.98 Å². The number of carbonyl (C=O) groups excluding carboxylic acids is 1. The second-order valence-electron chi connectivity index (χ2n) is 6.93. The van der Waals surface area contributed by atoms with Crippen LogP contribution in [0.3, 0.4) is 0 Å². The molecule has 0 saturated carbocycles. The molecule has 6 nitrogen and oxygen atoms in total. The third kappa shape index (κ3) is 3.28. The van der Waals surface area contributed by atoms with Crippen LogP contribution in [0.1, 0.15) is 22.4 Å². The zero-order chi connectivity index (χ0) is 19.8. The van der Waals surface area contributed by atoms with Crippen molar-refractivity contribution in [2.75, 3.05) is 14.2 Å². The first-order chi connectivity index (χ1) is 13.5. The molecular weight excluding hydrogens is 381 g/mol. The number of nitrogens with zero attached hydrogens (tertiary/aromatic N) is 3. The van der Waals surface area contributed by atoms with Crippen LogP contribution < -0.4 is 10.3 Å². The quantitative estimate of drug-likeness (QED) is 0.660. The van der Waals surface area contributed by atoms with E-state index in [0.29, 0.717) is 10.9 Å². The fourth-order valence-corrected chi connectivity index (χ4v) is 4.79. The molecule has 3 aromatic rings. The van der Waals surface area contributed by atoms with Crippen LogP contribution in [0, 0.1) is 5.82 Å². The third-order valence-electron chi connectivity index (χ3n) is 5.06. The number of hydrogen-bond donors (Lipinski definition) is 0. The van der Waals surface area contributed by atoms with E-state index in [9.17, 15) is 14.0 Å². The van der Waals surface area contributed by atoms with Gasteiger partial charge in [-0.15, -0.1) is 11.3 Å². The summed E-state index contributed by atoms with van der Waals surface area (Å²) in [6, 6.07) is 4.58. The van der Waals surface area contributed by atoms with Gasteiger partial charge in [-0.3, -0.25) is 14.2 Å². The molecule has 0 unspecified atom stereocenters. The lowest BCUT2D eigenvalue weighted by Crippen LogP contribution is -2.33. The Morgan fingerprint density at radius 1 is 1.39 bits per heavy atom. The van der Waals surface area contributed by atoms with Gasteiger partial charge in [0, 0.05) is 18.5 Å². The number of benzene rings is 1. The maximum absolute atomic E-state index is 13.8. The van der Waals surface area contributed by atoms with Gasteiger partial charge in [0.2, 0.25) is 5.91 Å². The largest absolute Gasteiger partial charge is 0.494 e. The monoisotopic (exact) mass is 401 g/mol. The van der Waals surface area contributed by atoms with Gasteiger partial charge in [-0.25, -0.2) is 9.37 Å². The number of amides is 1. The molecule has 28 heavy (non-hydrogen) atoms. The topological polar surface area (TPSA) is 64.4 Å². The highest BCUT2D eigenvalue weighted by Crippen LogP contribution is 2.34. The number of methoxy groups -OCH3 is 1. The summed E-state index contributed by atoms with van der Waals surface area (Å²) in [6.07, 6.45) is 4.39. The highest BCUT2D eigenvalue weighted by atomic mass is 32.1. The minimum atomic E-state index is -0.474. The Morgan fingerprint density at radius 3 is 2.96 bits per heavy atom. The minimum Gasteiger partial charge on any atom is -0.494 e. The normalized spacial score (nSPS) is 13.0. The number of ether oxygens (including phenoxy) is 1. The molecule has 0 fully saturated rings. The van der Waals surface area contributed by atoms with Gasteiger partial charge < -0.3 is 9.64 Å². The first-order valence-electron chi connectivity index (χ1n) is 9.04. The summed E-state index contributed by atoms with van der Waals surface area (Å²) in [7, 11) is 3.03. The highest BCUT2D eigenvalue weighted by molar-refractivity contribution is 7.18. The molecule has 0 saturated heterocycles. The van der Waals surface area contributed by atoms with E-state index >= 15 is 0 Å². The minimum absolute atomic E-state index is 0.0957. The molecule has 0 radical (unpaired) electrons. The zero-order valence-electron chi connectivity index (χ0n) is 15.7. The van der Waals surface area contributed by atoms with Crippen LogP contribution >= 0.6 is 11.3 Å². The Morgan fingerprint density at radius 2 is 2.21 bits per heavy atom. The van der Waals surface area contributed by atoms with E-state index in [4.69, 9.17) is 4.74 Å². The van der Waals surface area contributed by atoms with Crippen molar-refractivity contribution in [2.24, 2.45) is 0 Å². The van der Waals surface area contributed by atoms with Crippen LogP contribution in [0.25, 0.3) is 10.2 Å². The molecular formula is C20H20FN3O3S. The van der Waals surface area contributed by atoms with Crippen LogP contribution in [0.4, 0.5) is 4.39 Å². The summed E-state index contributed by atoms with van der Waals surface area (Å²) in [5, 5.41) is 0.660. The molecule has 0 N–H and O–H groups in total. The second kappa shape index (κ2) is 7.35. The molecule has 8 heteroatoms. The lowest BCUT2D eigenvalue weighted by Gasteiger charge is -2.18. The molecule has 1 aliphatic carbocycles. The molecule has 1 aliphatic rings. The van der Waals surface area contributed by atoms with Crippen molar-refractivity contribution < 1.29 is 13.9 Å². The van der Waals surface area contributed by atoms with Crippen LogP contribution in [-0.4, -0.2) is 34.5 Å². The summed E-state index contributed by atoms with van der Waals surface area (Å²) in [5.74, 6) is -0.559. The van der Waals surface area contributed by atoms with Crippen molar-refractivity contribution in [3.8, 4) is 5.75 Å². The summed E-state index contributed by atoms with van der Waals surface area (Å²) in [5.41, 5.74) is 1.58. The average Bonchev–Trinajstić information content (AvgIpc) is 3.25. The number of aryl methyl sites for hydroxylation is 2. The zero-order valence-corrected chi connectivity index (χ0v) is 16.5. The number of likely N-dealkylation sites (N-methyl/N-ethyl adjacent to an activating group) is 1. The molecule has 0 atom stereocenters. The van der Waals surface area contributed by atoms with Gasteiger partial charge in [-0.2, -0.15) is 0 Å². The van der Waals surface area contributed by atoms with Crippen molar-refractivity contribution in [1.29, 1.82) is 0 Å². The van der Waals surface area contributed by atoms with Crippen molar-refractivity contribution in [3.05, 3.63) is 56.7 Å². The van der Waals surface area contributed by atoms with Gasteiger partial charge in [0.1, 0.15) is 11.4 Å². The molecule has 2 heterocycles. The molecule has 2 aromatic heterocycles. The predicted molar refractivity (Wildman–Crippen MR) is 105 cm³/mol. The van der Waals surface area contributed by atoms with Crippen LogP contribution in [0.5, 0.6) is 5.75 Å². The lowest BCUT2D eigenvalue weighted by atomic mass is 10.2. The van der Waals surface area contributed by atoms with Gasteiger partial charge >= 0.3 is 0 Å². The number of thiophene rings is 1. The molecule has 0 spiro atoms. The van der Waals surface area contributed by atoms with E-state index in [1.807, 2.05) is 0 Å². The first kappa shape index (κ1) is 18.6. The van der Waals surface area contributed by atoms with Crippen molar-refractivity contribution in [2.45, 2.75) is 32.4 Å². The van der Waals surface area contributed by atoms with Crippen LogP contribution in [0.2, 0.25) is 0 Å². The number of rotatable bonds is 5. The summed E-state index contributed by atoms with van der Waals surface area (Å²) < 4.78 is 20.1. The maximum Gasteiger partial charge on any atom is 0.262 e. The fourth-order valence-electron chi connectivity index (χ4n) is 3.57. The van der Waals surface area contributed by atoms with Gasteiger partial charge in [-0.05, 0) is 42.5 Å². The Balaban J connectivity index is 1.52. The Kier molecular flexibility index (Phi) is 4.89. The van der Waals surface area contributed by atoms with E-state index < -0.39 is 5.82 Å². The summed E-state index contributed by atoms with van der Waals surface area (Å²) >= 11 is 1.57. The van der Waals surface area contributed by atoms with E-state index in [-0.39, 0.29) is 30.3 Å². The van der Waals surface area contributed by atoms with Gasteiger partial charge in [-0.1, -0.05) is 6.07 Å². The van der Waals surface area contributed by atoms with Crippen LogP contribution in [0.15, 0.2) is 29.3 Å². The highest BCUT2D eigenvalue weighted by Gasteiger charge is 2.22. The van der Waals surface area contributed by atoms with Gasteiger partial charge in [0.05, 0.1) is 18.8 Å². The number of hydrogen-bond acceptors (Lipinski definition) is 5. The molecule has 0 aliphatic heterocycles. The Labute approximate surface area is 165 Å². The smallest absolute Gasteiger partial charge is 0.262 e. The van der Waals surface area contributed by atoms with Gasteiger partial charge in [0.15, 0.2) is 11.6 Å². The number of carbonyl (C=O) groups is 1. The maximum atomic E-state index is 13.8. The second-order valence-corrected chi connectivity index (χ2v) is 8.02. The average molecular weight is 401 g/mol. The first-order valence-corrected chi connectivity index (χ1v) is 9.85. The van der Waals surface area contributed by atoms with Crippen molar-refractivity contribution >= 4 is 27.5 Å². The molecule has 4 rings (SSSR count). The lowest BCUT2D eigenvalue weighted by molar-refractivity contribution is -0.131. The van der Waals surface area contributed by atoms with Crippen molar-refractivity contribution in [1.82, 2.24) is 14.5 Å². The number of aromatic nitrogens is 2. The predicted octanol–water partition coefficient (Wildman–Crippen LogP) is 2.75. The molecule has 146 valence electrons.